The monoisotopic (exact) mass is 210 g/mol. The van der Waals surface area contributed by atoms with Gasteiger partial charge in [0.15, 0.2) is 11.5 Å². The number of ether oxygens (including phenoxy) is 1. The first kappa shape index (κ1) is 11.9. The Morgan fingerprint density at radius 2 is 2.00 bits per heavy atom. The van der Waals surface area contributed by atoms with Crippen molar-refractivity contribution in [3.8, 4) is 11.5 Å². The molecule has 3 nitrogen and oxygen atoms in total. The van der Waals surface area contributed by atoms with Gasteiger partial charge in [-0.25, -0.2) is 0 Å². The van der Waals surface area contributed by atoms with E-state index in [1.165, 1.54) is 7.11 Å². The Morgan fingerprint density at radius 1 is 1.33 bits per heavy atom. The van der Waals surface area contributed by atoms with Gasteiger partial charge in [0.1, 0.15) is 0 Å². The van der Waals surface area contributed by atoms with Gasteiger partial charge in [-0.05, 0) is 30.0 Å². The summed E-state index contributed by atoms with van der Waals surface area (Å²) >= 11 is 0. The molecule has 0 aliphatic rings. The summed E-state index contributed by atoms with van der Waals surface area (Å²) in [5, 5.41) is 19.4. The average Bonchev–Trinajstić information content (AvgIpc) is 2.16. The van der Waals surface area contributed by atoms with Crippen molar-refractivity contribution in [2.24, 2.45) is 5.92 Å². The summed E-state index contributed by atoms with van der Waals surface area (Å²) in [5.74, 6) is 0.914. The van der Waals surface area contributed by atoms with Crippen LogP contribution in [0, 0.1) is 5.92 Å². The number of hydrogen-bond acceptors (Lipinski definition) is 3. The van der Waals surface area contributed by atoms with E-state index in [1.807, 2.05) is 13.8 Å². The van der Waals surface area contributed by atoms with E-state index in [0.29, 0.717) is 18.1 Å². The fourth-order valence-corrected chi connectivity index (χ4v) is 1.50. The molecular weight excluding hydrogens is 192 g/mol. The highest BCUT2D eigenvalue weighted by Gasteiger charge is 2.11. The minimum atomic E-state index is -0.526. The van der Waals surface area contributed by atoms with Crippen LogP contribution in [0.25, 0.3) is 0 Å². The van der Waals surface area contributed by atoms with Crippen molar-refractivity contribution in [2.75, 3.05) is 7.11 Å². The van der Waals surface area contributed by atoms with Crippen LogP contribution >= 0.6 is 0 Å². The lowest BCUT2D eigenvalue weighted by atomic mass is 9.99. The van der Waals surface area contributed by atoms with Crippen LogP contribution in [0.2, 0.25) is 0 Å². The van der Waals surface area contributed by atoms with Crippen LogP contribution in [-0.4, -0.2) is 17.3 Å². The predicted molar refractivity (Wildman–Crippen MR) is 59.1 cm³/mol. The third kappa shape index (κ3) is 3.13. The van der Waals surface area contributed by atoms with Crippen molar-refractivity contribution in [1.29, 1.82) is 0 Å². The van der Waals surface area contributed by atoms with Crippen LogP contribution in [0.4, 0.5) is 0 Å². The Labute approximate surface area is 90.3 Å². The summed E-state index contributed by atoms with van der Waals surface area (Å²) in [4.78, 5) is 0. The highest BCUT2D eigenvalue weighted by Crippen LogP contribution is 2.30. The molecule has 2 N–H and O–H groups in total. The third-order valence-corrected chi connectivity index (χ3v) is 2.28. The number of aromatic hydroxyl groups is 1. The van der Waals surface area contributed by atoms with Crippen molar-refractivity contribution in [2.45, 2.75) is 26.4 Å². The molecule has 1 aromatic carbocycles. The van der Waals surface area contributed by atoms with E-state index in [2.05, 4.69) is 0 Å². The lowest BCUT2D eigenvalue weighted by Gasteiger charge is -2.14. The molecule has 0 radical (unpaired) electrons. The van der Waals surface area contributed by atoms with Crippen molar-refractivity contribution >= 4 is 0 Å². The van der Waals surface area contributed by atoms with Crippen LogP contribution in [0.15, 0.2) is 18.2 Å². The fraction of sp³-hybridized carbons (Fsp3) is 0.500. The molecule has 3 heteroatoms. The Hall–Kier alpha value is -1.22. The molecule has 0 spiro atoms. The number of rotatable bonds is 4. The van der Waals surface area contributed by atoms with E-state index in [1.54, 1.807) is 18.2 Å². The molecule has 15 heavy (non-hydrogen) atoms. The minimum Gasteiger partial charge on any atom is -0.504 e. The highest BCUT2D eigenvalue weighted by atomic mass is 16.5. The Kier molecular flexibility index (Phi) is 3.97. The van der Waals surface area contributed by atoms with E-state index >= 15 is 0 Å². The van der Waals surface area contributed by atoms with Gasteiger partial charge in [-0.2, -0.15) is 0 Å². The summed E-state index contributed by atoms with van der Waals surface area (Å²) in [5.41, 5.74) is 0.724. The van der Waals surface area contributed by atoms with Crippen LogP contribution in [0.5, 0.6) is 11.5 Å². The van der Waals surface area contributed by atoms with Gasteiger partial charge in [0, 0.05) is 0 Å². The van der Waals surface area contributed by atoms with Crippen molar-refractivity contribution in [3.63, 3.8) is 0 Å². The molecule has 0 bridgehead atoms. The normalized spacial score (nSPS) is 12.9. The molecule has 0 fully saturated rings. The molecule has 0 aliphatic heterocycles. The summed E-state index contributed by atoms with van der Waals surface area (Å²) in [6, 6.07) is 4.98. The molecule has 0 saturated carbocycles. The van der Waals surface area contributed by atoms with Gasteiger partial charge in [0.25, 0.3) is 0 Å². The third-order valence-electron chi connectivity index (χ3n) is 2.28. The molecule has 0 saturated heterocycles. The SMILES string of the molecule is COc1ccc(C(O)CC(C)C)cc1O. The van der Waals surface area contributed by atoms with Gasteiger partial charge in [-0.15, -0.1) is 0 Å². The van der Waals surface area contributed by atoms with Crippen molar-refractivity contribution < 1.29 is 14.9 Å². The van der Waals surface area contributed by atoms with Gasteiger partial charge in [-0.1, -0.05) is 19.9 Å². The Morgan fingerprint density at radius 3 is 2.47 bits per heavy atom. The first-order valence-electron chi connectivity index (χ1n) is 5.09. The van der Waals surface area contributed by atoms with Gasteiger partial charge in [0.05, 0.1) is 13.2 Å². The van der Waals surface area contributed by atoms with Crippen LogP contribution < -0.4 is 4.74 Å². The number of methoxy groups -OCH3 is 1. The van der Waals surface area contributed by atoms with E-state index in [-0.39, 0.29) is 5.75 Å². The molecule has 0 aliphatic carbocycles. The number of phenolic OH excluding ortho intramolecular Hbond substituents is 1. The van der Waals surface area contributed by atoms with Gasteiger partial charge in [0.2, 0.25) is 0 Å². The molecule has 1 atom stereocenters. The molecule has 1 aromatic rings. The quantitative estimate of drug-likeness (QED) is 0.802. The van der Waals surface area contributed by atoms with Crippen molar-refractivity contribution in [3.05, 3.63) is 23.8 Å². The molecular formula is C12H18O3. The Balaban J connectivity index is 2.82. The van der Waals surface area contributed by atoms with Gasteiger partial charge < -0.3 is 14.9 Å². The summed E-state index contributed by atoms with van der Waals surface area (Å²) in [6.07, 6.45) is 0.160. The molecule has 1 rings (SSSR count). The molecule has 1 unspecified atom stereocenters. The number of aliphatic hydroxyl groups excluding tert-OH is 1. The zero-order chi connectivity index (χ0) is 11.4. The smallest absolute Gasteiger partial charge is 0.160 e. The summed E-state index contributed by atoms with van der Waals surface area (Å²) in [6.45, 7) is 4.10. The number of benzene rings is 1. The van der Waals surface area contributed by atoms with Crippen LogP contribution in [0.1, 0.15) is 31.9 Å². The zero-order valence-corrected chi connectivity index (χ0v) is 9.40. The van der Waals surface area contributed by atoms with Gasteiger partial charge in [-0.3, -0.25) is 0 Å². The first-order chi connectivity index (χ1) is 7.04. The maximum Gasteiger partial charge on any atom is 0.160 e. The lowest BCUT2D eigenvalue weighted by molar-refractivity contribution is 0.150. The predicted octanol–water partition coefficient (Wildman–Crippen LogP) is 2.48. The van der Waals surface area contributed by atoms with Crippen molar-refractivity contribution in [1.82, 2.24) is 0 Å². The summed E-state index contributed by atoms with van der Waals surface area (Å²) in [7, 11) is 1.50. The number of aliphatic hydroxyl groups is 1. The van der Waals surface area contributed by atoms with Crippen LogP contribution in [-0.2, 0) is 0 Å². The largest absolute Gasteiger partial charge is 0.504 e. The average molecular weight is 210 g/mol. The molecule has 0 amide bonds. The standard InChI is InChI=1S/C12H18O3/c1-8(2)6-10(13)9-4-5-12(15-3)11(14)7-9/h4-5,7-8,10,13-14H,6H2,1-3H3. The lowest BCUT2D eigenvalue weighted by Crippen LogP contribution is -2.01. The first-order valence-corrected chi connectivity index (χ1v) is 5.09. The topological polar surface area (TPSA) is 49.7 Å². The number of hydrogen-bond donors (Lipinski definition) is 2. The van der Waals surface area contributed by atoms with Gasteiger partial charge >= 0.3 is 0 Å². The second-order valence-corrected chi connectivity index (χ2v) is 4.08. The summed E-state index contributed by atoms with van der Waals surface area (Å²) < 4.78 is 4.93. The maximum absolute atomic E-state index is 9.83. The van der Waals surface area contributed by atoms with E-state index in [9.17, 15) is 10.2 Å². The molecule has 0 heterocycles. The zero-order valence-electron chi connectivity index (χ0n) is 9.40. The van der Waals surface area contributed by atoms with E-state index < -0.39 is 6.10 Å². The fourth-order valence-electron chi connectivity index (χ4n) is 1.50. The Bertz CT molecular complexity index is 321. The van der Waals surface area contributed by atoms with E-state index in [0.717, 1.165) is 5.56 Å². The molecule has 0 aromatic heterocycles. The second kappa shape index (κ2) is 5.03. The second-order valence-electron chi connectivity index (χ2n) is 4.08. The van der Waals surface area contributed by atoms with Crippen LogP contribution in [0.3, 0.4) is 0 Å². The minimum absolute atomic E-state index is 0.0674. The van der Waals surface area contributed by atoms with E-state index in [4.69, 9.17) is 4.74 Å². The maximum atomic E-state index is 9.83. The molecule has 84 valence electrons. The number of phenols is 1. The highest BCUT2D eigenvalue weighted by molar-refractivity contribution is 5.42.